The molecule has 0 aliphatic carbocycles. The predicted molar refractivity (Wildman–Crippen MR) is 120 cm³/mol. The van der Waals surface area contributed by atoms with Crippen LogP contribution in [0.15, 0.2) is 42.5 Å². The van der Waals surface area contributed by atoms with E-state index in [4.69, 9.17) is 23.2 Å². The van der Waals surface area contributed by atoms with Crippen molar-refractivity contribution in [1.29, 1.82) is 0 Å². The minimum Gasteiger partial charge on any atom is -0.354 e. The summed E-state index contributed by atoms with van der Waals surface area (Å²) in [7, 11) is 0. The third-order valence-corrected chi connectivity index (χ3v) is 6.75. The molecule has 2 aromatic rings. The highest BCUT2D eigenvalue weighted by Crippen LogP contribution is 2.43. The van der Waals surface area contributed by atoms with Crippen molar-refractivity contribution in [1.82, 2.24) is 10.2 Å². The number of benzene rings is 2. The first-order chi connectivity index (χ1) is 14.3. The second-order valence-corrected chi connectivity index (χ2v) is 9.52. The van der Waals surface area contributed by atoms with E-state index in [2.05, 4.69) is 19.2 Å². The molecule has 1 aliphatic heterocycles. The Morgan fingerprint density at radius 2 is 1.90 bits per heavy atom. The van der Waals surface area contributed by atoms with Crippen molar-refractivity contribution in [2.45, 2.75) is 31.7 Å². The molecule has 0 radical (unpaired) electrons. The molecule has 0 unspecified atom stereocenters. The van der Waals surface area contributed by atoms with E-state index in [-0.39, 0.29) is 28.2 Å². The topological polar surface area (TPSA) is 49.4 Å². The molecular formula is C22H23Cl2FN2O2S. The summed E-state index contributed by atoms with van der Waals surface area (Å²) in [4.78, 5) is 27.9. The summed E-state index contributed by atoms with van der Waals surface area (Å²) in [5.41, 5.74) is 1.02. The van der Waals surface area contributed by atoms with Gasteiger partial charge < -0.3 is 10.2 Å². The molecule has 160 valence electrons. The lowest BCUT2D eigenvalue weighted by molar-refractivity contribution is -0.124. The number of nitrogens with zero attached hydrogens (tertiary/aromatic N) is 1. The highest BCUT2D eigenvalue weighted by Gasteiger charge is 2.43. The van der Waals surface area contributed by atoms with Crippen LogP contribution in [0.2, 0.25) is 10.0 Å². The zero-order valence-corrected chi connectivity index (χ0v) is 19.0. The molecule has 1 heterocycles. The van der Waals surface area contributed by atoms with Gasteiger partial charge in [-0.15, -0.1) is 11.8 Å². The van der Waals surface area contributed by atoms with Gasteiger partial charge in [0.1, 0.15) is 17.2 Å². The number of carbonyl (C=O) groups excluding carboxylic acids is 2. The first-order valence-electron chi connectivity index (χ1n) is 9.70. The van der Waals surface area contributed by atoms with Gasteiger partial charge in [0, 0.05) is 17.3 Å². The lowest BCUT2D eigenvalue weighted by Gasteiger charge is -2.29. The van der Waals surface area contributed by atoms with Gasteiger partial charge in [-0.1, -0.05) is 49.2 Å². The maximum atomic E-state index is 13.5. The third kappa shape index (κ3) is 5.29. The molecule has 2 aromatic carbocycles. The molecule has 0 spiro atoms. The van der Waals surface area contributed by atoms with Crippen molar-refractivity contribution in [3.05, 3.63) is 69.5 Å². The standard InChI is InChI=1S/C22H23Cl2FN2O2S/c1-13(2)9-10-26-20(28)19-12-30-22(14-3-6-16(25)7-4-14)27(19)21(29)17-8-5-15(23)11-18(17)24/h3-8,11,13,19,22H,9-10,12H2,1-2H3,(H,26,28)/t19-,22+/m0/s1. The minimum absolute atomic E-state index is 0.203. The van der Waals surface area contributed by atoms with Crippen molar-refractivity contribution in [3.63, 3.8) is 0 Å². The van der Waals surface area contributed by atoms with Crippen LogP contribution >= 0.6 is 35.0 Å². The number of halogens is 3. The molecule has 2 atom stereocenters. The lowest BCUT2D eigenvalue weighted by atomic mass is 10.1. The Bertz CT molecular complexity index is 924. The van der Waals surface area contributed by atoms with E-state index in [9.17, 15) is 14.0 Å². The van der Waals surface area contributed by atoms with Gasteiger partial charge in [0.15, 0.2) is 0 Å². The average molecular weight is 469 g/mol. The van der Waals surface area contributed by atoms with Crippen LogP contribution in [0.5, 0.6) is 0 Å². The van der Waals surface area contributed by atoms with Crippen LogP contribution in [0.3, 0.4) is 0 Å². The van der Waals surface area contributed by atoms with Crippen LogP contribution in [0.1, 0.15) is 41.6 Å². The van der Waals surface area contributed by atoms with Gasteiger partial charge in [-0.2, -0.15) is 0 Å². The number of thioether (sulfide) groups is 1. The smallest absolute Gasteiger partial charge is 0.257 e. The van der Waals surface area contributed by atoms with Gasteiger partial charge in [0.25, 0.3) is 5.91 Å². The van der Waals surface area contributed by atoms with Crippen molar-refractivity contribution in [3.8, 4) is 0 Å². The van der Waals surface area contributed by atoms with E-state index in [1.54, 1.807) is 24.3 Å². The Morgan fingerprint density at radius 3 is 2.53 bits per heavy atom. The number of rotatable bonds is 6. The summed E-state index contributed by atoms with van der Waals surface area (Å²) < 4.78 is 13.4. The van der Waals surface area contributed by atoms with E-state index < -0.39 is 11.4 Å². The second kappa shape index (κ2) is 10.0. The van der Waals surface area contributed by atoms with Crippen LogP contribution in [0, 0.1) is 11.7 Å². The van der Waals surface area contributed by atoms with Gasteiger partial charge in [-0.25, -0.2) is 4.39 Å². The quantitative estimate of drug-likeness (QED) is 0.604. The van der Waals surface area contributed by atoms with Crippen molar-refractivity contribution >= 4 is 46.8 Å². The van der Waals surface area contributed by atoms with Gasteiger partial charge in [-0.05, 0) is 48.2 Å². The Kier molecular flexibility index (Phi) is 7.66. The molecule has 30 heavy (non-hydrogen) atoms. The largest absolute Gasteiger partial charge is 0.354 e. The first-order valence-corrected chi connectivity index (χ1v) is 11.5. The van der Waals surface area contributed by atoms with E-state index in [1.807, 2.05) is 0 Å². The lowest BCUT2D eigenvalue weighted by Crippen LogP contribution is -2.48. The summed E-state index contributed by atoms with van der Waals surface area (Å²) in [6.07, 6.45) is 0.851. The molecule has 0 saturated carbocycles. The van der Waals surface area contributed by atoms with E-state index in [1.165, 1.54) is 34.9 Å². The minimum atomic E-state index is -0.656. The van der Waals surface area contributed by atoms with Gasteiger partial charge in [-0.3, -0.25) is 9.59 Å². The fourth-order valence-electron chi connectivity index (χ4n) is 3.24. The highest BCUT2D eigenvalue weighted by atomic mass is 35.5. The summed E-state index contributed by atoms with van der Waals surface area (Å²) >= 11 is 13.7. The molecule has 1 N–H and O–H groups in total. The average Bonchev–Trinajstić information content (AvgIpc) is 3.13. The van der Waals surface area contributed by atoms with Gasteiger partial charge >= 0.3 is 0 Å². The normalized spacial score (nSPS) is 18.7. The van der Waals surface area contributed by atoms with E-state index >= 15 is 0 Å². The van der Waals surface area contributed by atoms with Crippen LogP contribution in [-0.4, -0.2) is 35.1 Å². The van der Waals surface area contributed by atoms with E-state index in [0.29, 0.717) is 23.2 Å². The number of nitrogens with one attached hydrogen (secondary N) is 1. The maximum absolute atomic E-state index is 13.5. The molecule has 1 aliphatic rings. The van der Waals surface area contributed by atoms with Crippen molar-refractivity contribution < 1.29 is 14.0 Å². The zero-order valence-electron chi connectivity index (χ0n) is 16.7. The molecule has 8 heteroatoms. The Morgan fingerprint density at radius 1 is 1.20 bits per heavy atom. The highest BCUT2D eigenvalue weighted by molar-refractivity contribution is 7.99. The third-order valence-electron chi connectivity index (χ3n) is 4.88. The molecule has 0 aromatic heterocycles. The summed E-state index contributed by atoms with van der Waals surface area (Å²) in [5.74, 6) is -0.0256. The fourth-order valence-corrected chi connectivity index (χ4v) is 5.16. The van der Waals surface area contributed by atoms with Crippen LogP contribution in [0.25, 0.3) is 0 Å². The number of carbonyl (C=O) groups is 2. The number of hydrogen-bond acceptors (Lipinski definition) is 3. The molecule has 1 fully saturated rings. The van der Waals surface area contributed by atoms with Crippen LogP contribution in [-0.2, 0) is 4.79 Å². The molecule has 4 nitrogen and oxygen atoms in total. The molecule has 0 bridgehead atoms. The zero-order chi connectivity index (χ0) is 21.8. The van der Waals surface area contributed by atoms with Crippen LogP contribution in [0.4, 0.5) is 4.39 Å². The fraction of sp³-hybridized carbons (Fsp3) is 0.364. The SMILES string of the molecule is CC(C)CCNC(=O)[C@@H]1CS[C@H](c2ccc(F)cc2)N1C(=O)c1ccc(Cl)cc1Cl. The van der Waals surface area contributed by atoms with Gasteiger partial charge in [0.2, 0.25) is 5.91 Å². The summed E-state index contributed by atoms with van der Waals surface area (Å²) in [5, 5.41) is 3.16. The predicted octanol–water partition coefficient (Wildman–Crippen LogP) is 5.55. The van der Waals surface area contributed by atoms with E-state index in [0.717, 1.165) is 12.0 Å². The Hall–Kier alpha value is -1.76. The first kappa shape index (κ1) is 22.9. The monoisotopic (exact) mass is 468 g/mol. The molecule has 2 amide bonds. The van der Waals surface area contributed by atoms with Crippen LogP contribution < -0.4 is 5.32 Å². The number of amides is 2. The summed E-state index contributed by atoms with van der Waals surface area (Å²) in [6, 6.07) is 9.97. The molecule has 3 rings (SSSR count). The number of hydrogen-bond donors (Lipinski definition) is 1. The molecular weight excluding hydrogens is 446 g/mol. The van der Waals surface area contributed by atoms with Gasteiger partial charge in [0.05, 0.1) is 10.6 Å². The summed E-state index contributed by atoms with van der Waals surface area (Å²) in [6.45, 7) is 4.71. The molecule has 1 saturated heterocycles. The Balaban J connectivity index is 1.91. The second-order valence-electron chi connectivity index (χ2n) is 7.56. The van der Waals surface area contributed by atoms with Crippen molar-refractivity contribution in [2.24, 2.45) is 5.92 Å². The Labute approximate surface area is 190 Å². The van der Waals surface area contributed by atoms with Crippen molar-refractivity contribution in [2.75, 3.05) is 12.3 Å². The maximum Gasteiger partial charge on any atom is 0.257 e.